The second-order valence-corrected chi connectivity index (χ2v) is 42.8. The molecular weight excluding hydrogens is 1930 g/mol. The van der Waals surface area contributed by atoms with Gasteiger partial charge in [-0.1, -0.05) is 215 Å². The molecule has 0 radical (unpaired) electrons. The van der Waals surface area contributed by atoms with Crippen molar-refractivity contribution >= 4 is 122 Å². The lowest BCUT2D eigenvalue weighted by atomic mass is 9.97. The van der Waals surface area contributed by atoms with Crippen molar-refractivity contribution < 1.29 is 80.6 Å². The first-order chi connectivity index (χ1) is 63.3. The second kappa shape index (κ2) is 59.8. The van der Waals surface area contributed by atoms with E-state index < -0.39 is 93.0 Å². The summed E-state index contributed by atoms with van der Waals surface area (Å²) in [7, 11) is 3.72. The summed E-state index contributed by atoms with van der Waals surface area (Å²) in [5.74, 6) is -3.09. The number of carbonyl (C=O) groups excluding carboxylic acids is 8. The maximum absolute atomic E-state index is 12.8. The molecule has 0 amide bonds. The minimum atomic E-state index is -0.637. The van der Waals surface area contributed by atoms with Crippen molar-refractivity contribution in [2.24, 2.45) is 40.3 Å². The fraction of sp³-hybridized carbons (Fsp3) is 0.481. The number of aryl methyl sites for hydroxylation is 1. The number of rotatable bonds is 33. The summed E-state index contributed by atoms with van der Waals surface area (Å²) in [6, 6.07) is 56.5. The first-order valence-corrected chi connectivity index (χ1v) is 48.3. The van der Waals surface area contributed by atoms with Gasteiger partial charge in [0.1, 0.15) is 92.9 Å². The van der Waals surface area contributed by atoms with E-state index in [1.807, 2.05) is 277 Å². The van der Waals surface area contributed by atoms with E-state index in [9.17, 15) is 42.7 Å². The number of halogens is 7. The third kappa shape index (κ3) is 57.1. The molecule has 0 spiro atoms. The first kappa shape index (κ1) is 127. The number of nitrogens with zero attached hydrogens (tertiary/aromatic N) is 1. The molecule has 0 aliphatic carbocycles. The Morgan fingerprint density at radius 3 is 0.790 bits per heavy atom. The zero-order chi connectivity index (χ0) is 106. The Hall–Kier alpha value is -8.90. The maximum Gasteiger partial charge on any atom is 0.323 e. The first-order valence-electron chi connectivity index (χ1n) is 45.6. The molecule has 0 aliphatic rings. The van der Waals surface area contributed by atoms with Crippen LogP contribution in [0.4, 0.5) is 4.39 Å². The van der Waals surface area contributed by atoms with Crippen LogP contribution in [-0.2, 0) is 128 Å². The van der Waals surface area contributed by atoms with E-state index in [4.69, 9.17) is 130 Å². The average Bonchev–Trinajstić information content (AvgIpc) is 0.869. The standard InChI is InChI=1S/C15H22ClNO2.C14H19FO2.C14H21NO2.C13H18BrNO2.C13H17Cl2NO2.2C13H18ClNO2.C13H19NO2/c1-11(17(4)5)14(18)19-15(2,3)10-12-6-8-13(16)9-7-12;1-10(2)13(16)17-14(3,4)9-11-5-7-12(15)8-6-11;1-10-5-7-12(8-6-10)9-14(3,4)17-13(16)11(2)15;1-9(15)12(16)17-13(2,3)8-10-4-6-11(14)7-5-10;1-8(16)12(17)18-13(2,3)7-9-4-5-10(14)11(15)6-9;1-9(15)12(16)17-13(2,3)8-10-4-6-11(14)7-5-10;1-9(15)12(16)17-13(2,3)8-10-5-4-6-11(14)7-10;1-10(14)12(15)16-13(2,3)9-11-7-5-4-6-8-11/h6-9,11H,10H2,1-5H3;5-8,10H,9H2,1-4H3;5-8,11H,9,15H2,1-4H3;4-7,9H,8,15H2,1-3H3;4-6,8H,7,16H2,1-3H3;2*4-7,9H,8,15H2,1-3H3;4-8,10H,9,14H2,1-3H3. The molecule has 8 aromatic carbocycles. The molecule has 0 aliphatic heterocycles. The van der Waals surface area contributed by atoms with Gasteiger partial charge in [0.25, 0.3) is 0 Å². The van der Waals surface area contributed by atoms with E-state index in [1.165, 1.54) is 17.7 Å². The highest BCUT2D eigenvalue weighted by Gasteiger charge is 2.33. The van der Waals surface area contributed by atoms with Gasteiger partial charge in [0, 0.05) is 70.9 Å². The quantitative estimate of drug-likeness (QED) is 0.0164. The van der Waals surface area contributed by atoms with E-state index in [-0.39, 0.29) is 53.6 Å². The highest BCUT2D eigenvalue weighted by molar-refractivity contribution is 9.10. The van der Waals surface area contributed by atoms with Crippen LogP contribution < -0.4 is 34.4 Å². The number of hydrogen-bond acceptors (Lipinski definition) is 23. The van der Waals surface area contributed by atoms with Crippen molar-refractivity contribution in [3.8, 4) is 0 Å². The summed E-state index contributed by atoms with van der Waals surface area (Å²) in [6.07, 6.45) is 5.05. The maximum atomic E-state index is 12.8. The molecule has 0 aromatic heterocycles. The summed E-state index contributed by atoms with van der Waals surface area (Å²) in [5, 5.41) is 3.07. The summed E-state index contributed by atoms with van der Waals surface area (Å²) >= 11 is 32.7. The molecule has 8 rings (SSSR count). The number of carbonyl (C=O) groups is 8. The molecule has 7 unspecified atom stereocenters. The third-order valence-corrected chi connectivity index (χ3v) is 21.4. The van der Waals surface area contributed by atoms with Crippen molar-refractivity contribution in [2.45, 2.75) is 318 Å². The molecule has 0 saturated heterocycles. The number of likely N-dealkylation sites (N-methyl/N-ethyl adjacent to an activating group) is 1. The van der Waals surface area contributed by atoms with Gasteiger partial charge in [0.05, 0.1) is 16.0 Å². The molecule has 23 nitrogen and oxygen atoms in total. The molecular formula is C108H152BrCl5FN7O16. The molecule has 0 heterocycles. The SMILES string of the molecule is CC(C(=O)OC(C)(C)Cc1ccc(Cl)cc1)N(C)C.CC(C)C(=O)OC(C)(C)Cc1ccc(F)cc1.CC(N)C(=O)OC(C)(C)Cc1ccc(Br)cc1.CC(N)C(=O)OC(C)(C)Cc1ccc(Cl)c(Cl)c1.CC(N)C(=O)OC(C)(C)Cc1ccc(Cl)cc1.CC(N)C(=O)OC(C)(C)Cc1cccc(Cl)c1.CC(N)C(=O)OC(C)(C)Cc1ccccc1.Cc1ccc(CC(C)(C)OC(=O)C(C)N)cc1. The average molecular weight is 2080 g/mol. The van der Waals surface area contributed by atoms with E-state index in [1.54, 1.807) is 79.7 Å². The highest BCUT2D eigenvalue weighted by atomic mass is 79.9. The second-order valence-electron chi connectivity index (χ2n) is 39.7. The fourth-order valence-corrected chi connectivity index (χ4v) is 13.4. The van der Waals surface area contributed by atoms with Crippen molar-refractivity contribution in [2.75, 3.05) is 14.1 Å². The minimum absolute atomic E-state index is 0.137. The molecule has 12 N–H and O–H groups in total. The monoisotopic (exact) mass is 2080 g/mol. The van der Waals surface area contributed by atoms with Gasteiger partial charge in [-0.2, -0.15) is 0 Å². The zero-order valence-corrected chi connectivity index (χ0v) is 91.2. The van der Waals surface area contributed by atoms with Crippen LogP contribution in [0.25, 0.3) is 0 Å². The lowest BCUT2D eigenvalue weighted by molar-refractivity contribution is -0.162. The molecule has 764 valence electrons. The van der Waals surface area contributed by atoms with Crippen LogP contribution in [0.2, 0.25) is 25.1 Å². The van der Waals surface area contributed by atoms with Crippen LogP contribution >= 0.6 is 73.9 Å². The number of esters is 8. The lowest BCUT2D eigenvalue weighted by Gasteiger charge is -2.28. The molecule has 0 bridgehead atoms. The molecule has 30 heteroatoms. The molecule has 138 heavy (non-hydrogen) atoms. The van der Waals surface area contributed by atoms with Crippen molar-refractivity contribution in [3.05, 3.63) is 280 Å². The Morgan fingerprint density at radius 2 is 0.522 bits per heavy atom. The van der Waals surface area contributed by atoms with Gasteiger partial charge in [0.2, 0.25) is 0 Å². The van der Waals surface area contributed by atoms with Gasteiger partial charge in [-0.3, -0.25) is 43.3 Å². The molecule has 8 aromatic rings. The number of hydrogen-bond donors (Lipinski definition) is 6. The third-order valence-electron chi connectivity index (χ3n) is 19.4. The summed E-state index contributed by atoms with van der Waals surface area (Å²) in [4.78, 5) is 94.0. The van der Waals surface area contributed by atoms with Crippen molar-refractivity contribution in [3.63, 3.8) is 0 Å². The van der Waals surface area contributed by atoms with Crippen LogP contribution in [-0.4, -0.2) is 154 Å². The van der Waals surface area contributed by atoms with Crippen molar-refractivity contribution in [1.82, 2.24) is 4.90 Å². The molecule has 0 saturated carbocycles. The number of nitrogens with two attached hydrogens (primary N) is 6. The van der Waals surface area contributed by atoms with Gasteiger partial charge in [-0.15, -0.1) is 0 Å². The minimum Gasteiger partial charge on any atom is -0.459 e. The lowest BCUT2D eigenvalue weighted by Crippen LogP contribution is -2.40. The predicted molar refractivity (Wildman–Crippen MR) is 560 cm³/mol. The normalized spacial score (nSPS) is 13.1. The van der Waals surface area contributed by atoms with Crippen LogP contribution in [0.5, 0.6) is 0 Å². The number of benzene rings is 8. The Bertz CT molecular complexity index is 4730. The van der Waals surface area contributed by atoms with E-state index in [0.717, 1.165) is 49.0 Å². The largest absolute Gasteiger partial charge is 0.459 e. The van der Waals surface area contributed by atoms with E-state index in [2.05, 4.69) is 40.2 Å². The van der Waals surface area contributed by atoms with Gasteiger partial charge in [-0.25, -0.2) is 4.39 Å². The zero-order valence-electron chi connectivity index (χ0n) is 85.8. The number of ether oxygens (including phenoxy) is 8. The van der Waals surface area contributed by atoms with E-state index >= 15 is 0 Å². The van der Waals surface area contributed by atoms with E-state index in [0.29, 0.717) is 76.5 Å². The summed E-state index contributed by atoms with van der Waals surface area (Å²) in [5.41, 5.74) is 38.1. The van der Waals surface area contributed by atoms with Crippen LogP contribution in [0.1, 0.15) is 223 Å². The Balaban J connectivity index is 0.000000789. The van der Waals surface area contributed by atoms with Gasteiger partial charge >= 0.3 is 47.8 Å². The van der Waals surface area contributed by atoms with Gasteiger partial charge in [-0.05, 0) is 298 Å². The topological polar surface area (TPSA) is 370 Å². The molecule has 0 fully saturated rings. The summed E-state index contributed by atoms with van der Waals surface area (Å²) in [6.45, 7) is 47.2. The Labute approximate surface area is 853 Å². The smallest absolute Gasteiger partial charge is 0.323 e. The highest BCUT2D eigenvalue weighted by Crippen LogP contribution is 2.30. The Kier molecular flexibility index (Phi) is 55.0. The Morgan fingerprint density at radius 1 is 0.290 bits per heavy atom. The van der Waals surface area contributed by atoms with Gasteiger partial charge in [0.15, 0.2) is 0 Å². The van der Waals surface area contributed by atoms with Gasteiger partial charge < -0.3 is 72.3 Å². The van der Waals surface area contributed by atoms with Crippen LogP contribution in [0.15, 0.2) is 199 Å². The van der Waals surface area contributed by atoms with Crippen molar-refractivity contribution in [1.29, 1.82) is 0 Å². The van der Waals surface area contributed by atoms with Crippen LogP contribution in [0.3, 0.4) is 0 Å². The summed E-state index contributed by atoms with van der Waals surface area (Å²) < 4.78 is 56.8. The predicted octanol–water partition coefficient (Wildman–Crippen LogP) is 21.6. The molecule has 7 atom stereocenters. The van der Waals surface area contributed by atoms with Crippen LogP contribution in [0, 0.1) is 18.7 Å². The fourth-order valence-electron chi connectivity index (χ4n) is 12.4.